The van der Waals surface area contributed by atoms with E-state index >= 15 is 0 Å². The zero-order valence-electron chi connectivity index (χ0n) is 16.6. The largest absolute Gasteiger partial charge is 0.445 e. The fraction of sp³-hybridized carbons (Fsp3) is 0.333. The Morgan fingerprint density at radius 1 is 1.22 bits per heavy atom. The van der Waals surface area contributed by atoms with Crippen molar-refractivity contribution in [1.29, 1.82) is 0 Å². The molecule has 0 bridgehead atoms. The van der Waals surface area contributed by atoms with Gasteiger partial charge in [0.1, 0.15) is 6.26 Å². The second-order valence-corrected chi connectivity index (χ2v) is 10.1. The molecule has 0 spiro atoms. The van der Waals surface area contributed by atoms with Crippen LogP contribution in [-0.2, 0) is 15.6 Å². The second-order valence-electron chi connectivity index (χ2n) is 7.65. The van der Waals surface area contributed by atoms with E-state index in [1.165, 1.54) is 30.7 Å². The van der Waals surface area contributed by atoms with Gasteiger partial charge in [0.2, 0.25) is 5.89 Å². The number of amides is 1. The van der Waals surface area contributed by atoms with Gasteiger partial charge in [-0.1, -0.05) is 29.3 Å². The van der Waals surface area contributed by atoms with Gasteiger partial charge in [0.15, 0.2) is 0 Å². The average molecular weight is 505 g/mol. The SMILES string of the molecule is CC1=C(c2ncco2)C(c2cc(Cl)cc(Cl)c2)C(C(F)(F)F)C=C1C(=O)NC1CS(=O)C1. The Kier molecular flexibility index (Phi) is 6.26. The molecule has 0 saturated carbocycles. The van der Waals surface area contributed by atoms with E-state index in [1.54, 1.807) is 6.92 Å². The van der Waals surface area contributed by atoms with Crippen molar-refractivity contribution in [2.24, 2.45) is 5.92 Å². The highest BCUT2D eigenvalue weighted by Gasteiger charge is 2.49. The first-order valence-corrected chi connectivity index (χ1v) is 11.8. The minimum absolute atomic E-state index is 0.0269. The lowest BCUT2D eigenvalue weighted by Crippen LogP contribution is -2.51. The molecule has 2 atom stereocenters. The van der Waals surface area contributed by atoms with E-state index in [1.807, 2.05) is 0 Å². The summed E-state index contributed by atoms with van der Waals surface area (Å²) in [6.07, 6.45) is -1.20. The highest BCUT2D eigenvalue weighted by molar-refractivity contribution is 7.86. The summed E-state index contributed by atoms with van der Waals surface area (Å²) in [6.45, 7) is 1.55. The molecule has 1 N–H and O–H groups in total. The summed E-state index contributed by atoms with van der Waals surface area (Å²) in [7, 11) is -1.02. The van der Waals surface area contributed by atoms with Gasteiger partial charge in [0.05, 0.1) is 18.2 Å². The molecule has 4 rings (SSSR count). The summed E-state index contributed by atoms with van der Waals surface area (Å²) in [4.78, 5) is 16.9. The Hall–Kier alpha value is -2.10. The van der Waals surface area contributed by atoms with Crippen LogP contribution in [0.4, 0.5) is 13.2 Å². The summed E-state index contributed by atoms with van der Waals surface area (Å²) < 4.78 is 59.6. The Morgan fingerprint density at radius 3 is 2.41 bits per heavy atom. The van der Waals surface area contributed by atoms with Crippen molar-refractivity contribution in [2.75, 3.05) is 11.5 Å². The third-order valence-corrected chi connectivity index (χ3v) is 7.45. The number of allylic oxidation sites excluding steroid dienone is 2. The molecule has 1 saturated heterocycles. The van der Waals surface area contributed by atoms with Crippen molar-refractivity contribution in [3.05, 3.63) is 69.4 Å². The summed E-state index contributed by atoms with van der Waals surface area (Å²) in [5.41, 5.74) is 0.526. The van der Waals surface area contributed by atoms with Gasteiger partial charge in [-0.05, 0) is 36.3 Å². The molecule has 1 aliphatic heterocycles. The molecule has 0 radical (unpaired) electrons. The van der Waals surface area contributed by atoms with Crippen LogP contribution in [0.25, 0.3) is 5.57 Å². The van der Waals surface area contributed by atoms with E-state index in [-0.39, 0.29) is 50.2 Å². The maximum absolute atomic E-state index is 14.3. The number of rotatable bonds is 4. The Labute approximate surface area is 194 Å². The summed E-state index contributed by atoms with van der Waals surface area (Å²) in [5, 5.41) is 3.03. The number of halogens is 5. The molecule has 2 unspecified atom stereocenters. The van der Waals surface area contributed by atoms with Crippen LogP contribution in [0.1, 0.15) is 24.3 Å². The first kappa shape index (κ1) is 23.1. The quantitative estimate of drug-likeness (QED) is 0.642. The van der Waals surface area contributed by atoms with E-state index in [0.29, 0.717) is 5.57 Å². The monoisotopic (exact) mass is 504 g/mol. The molecule has 170 valence electrons. The standard InChI is InChI=1S/C21H17Cl2F3N2O3S/c1-10-15(19(29)28-14-8-32(30)9-14)7-16(21(24,25)26)18(17(10)20-27-2-3-31-20)11-4-12(22)6-13(23)5-11/h2-7,14,16,18H,8-9H2,1H3,(H,28,29). The molecule has 32 heavy (non-hydrogen) atoms. The lowest BCUT2D eigenvalue weighted by atomic mass is 9.72. The van der Waals surface area contributed by atoms with Crippen LogP contribution in [0.15, 0.2) is 52.3 Å². The van der Waals surface area contributed by atoms with Crippen molar-refractivity contribution >= 4 is 45.5 Å². The van der Waals surface area contributed by atoms with Gasteiger partial charge in [0, 0.05) is 49.4 Å². The van der Waals surface area contributed by atoms with Gasteiger partial charge in [0.25, 0.3) is 5.91 Å². The molecule has 2 aliphatic rings. The number of nitrogens with zero attached hydrogens (tertiary/aromatic N) is 1. The minimum Gasteiger partial charge on any atom is -0.445 e. The van der Waals surface area contributed by atoms with Crippen molar-refractivity contribution in [2.45, 2.75) is 25.1 Å². The van der Waals surface area contributed by atoms with Crippen LogP contribution < -0.4 is 5.32 Å². The predicted octanol–water partition coefficient (Wildman–Crippen LogP) is 4.90. The number of hydrogen-bond donors (Lipinski definition) is 1. The molecule has 1 aromatic carbocycles. The number of hydrogen-bond acceptors (Lipinski definition) is 4. The van der Waals surface area contributed by atoms with E-state index in [9.17, 15) is 22.2 Å². The average Bonchev–Trinajstić information content (AvgIpc) is 3.18. The second kappa shape index (κ2) is 8.68. The first-order chi connectivity index (χ1) is 15.0. The molecule has 1 aromatic heterocycles. The molecule has 1 fully saturated rings. The van der Waals surface area contributed by atoms with Crippen LogP contribution in [-0.4, -0.2) is 38.8 Å². The van der Waals surface area contributed by atoms with Crippen LogP contribution in [0.5, 0.6) is 0 Å². The lowest BCUT2D eigenvalue weighted by molar-refractivity contribution is -0.163. The number of benzene rings is 1. The van der Waals surface area contributed by atoms with E-state index in [2.05, 4.69) is 10.3 Å². The van der Waals surface area contributed by atoms with Crippen LogP contribution in [0.3, 0.4) is 0 Å². The van der Waals surface area contributed by atoms with Crippen LogP contribution >= 0.6 is 23.2 Å². The van der Waals surface area contributed by atoms with E-state index in [0.717, 1.165) is 6.08 Å². The smallest absolute Gasteiger partial charge is 0.396 e. The molecule has 2 heterocycles. The van der Waals surface area contributed by atoms with Crippen molar-refractivity contribution in [3.63, 3.8) is 0 Å². The summed E-state index contributed by atoms with van der Waals surface area (Å²) in [5.74, 6) is -3.47. The molecule has 1 amide bonds. The number of carbonyl (C=O) groups excluding carboxylic acids is 1. The number of alkyl halides is 3. The predicted molar refractivity (Wildman–Crippen MR) is 116 cm³/mol. The van der Waals surface area contributed by atoms with Gasteiger partial charge in [-0.3, -0.25) is 9.00 Å². The summed E-state index contributed by atoms with van der Waals surface area (Å²) >= 11 is 12.2. The normalized spacial score (nSPS) is 25.9. The topological polar surface area (TPSA) is 72.2 Å². The van der Waals surface area contributed by atoms with Gasteiger partial charge in [-0.2, -0.15) is 13.2 Å². The first-order valence-electron chi connectivity index (χ1n) is 9.56. The van der Waals surface area contributed by atoms with Crippen molar-refractivity contribution in [1.82, 2.24) is 10.3 Å². The molecular weight excluding hydrogens is 488 g/mol. The van der Waals surface area contributed by atoms with Crippen LogP contribution in [0, 0.1) is 5.92 Å². The highest BCUT2D eigenvalue weighted by Crippen LogP contribution is 2.51. The van der Waals surface area contributed by atoms with Crippen molar-refractivity contribution < 1.29 is 26.6 Å². The maximum Gasteiger partial charge on any atom is 0.396 e. The number of nitrogens with one attached hydrogen (secondary N) is 1. The van der Waals surface area contributed by atoms with Gasteiger partial charge >= 0.3 is 6.18 Å². The fourth-order valence-electron chi connectivity index (χ4n) is 4.01. The van der Waals surface area contributed by atoms with Gasteiger partial charge in [-0.15, -0.1) is 0 Å². The number of oxazole rings is 1. The molecule has 5 nitrogen and oxygen atoms in total. The zero-order valence-corrected chi connectivity index (χ0v) is 18.9. The molecule has 2 aromatic rings. The van der Waals surface area contributed by atoms with Gasteiger partial charge in [-0.25, -0.2) is 4.98 Å². The van der Waals surface area contributed by atoms with E-state index < -0.39 is 34.7 Å². The molecular formula is C21H17Cl2F3N2O3S. The van der Waals surface area contributed by atoms with Gasteiger partial charge < -0.3 is 9.73 Å². The highest BCUT2D eigenvalue weighted by atomic mass is 35.5. The third-order valence-electron chi connectivity index (χ3n) is 5.46. The zero-order chi connectivity index (χ0) is 23.2. The lowest BCUT2D eigenvalue weighted by Gasteiger charge is -2.35. The third kappa shape index (κ3) is 4.51. The minimum atomic E-state index is -4.69. The fourth-order valence-corrected chi connectivity index (χ4v) is 5.52. The summed E-state index contributed by atoms with van der Waals surface area (Å²) in [6, 6.07) is 3.91. The maximum atomic E-state index is 14.3. The Balaban J connectivity index is 1.86. The Morgan fingerprint density at radius 2 is 1.88 bits per heavy atom. The molecule has 11 heteroatoms. The number of aromatic nitrogens is 1. The number of carbonyl (C=O) groups is 1. The van der Waals surface area contributed by atoms with Crippen molar-refractivity contribution in [3.8, 4) is 0 Å². The van der Waals surface area contributed by atoms with E-state index in [4.69, 9.17) is 27.6 Å². The van der Waals surface area contributed by atoms with Crippen LogP contribution in [0.2, 0.25) is 10.0 Å². The molecule has 1 aliphatic carbocycles. The Bertz CT molecular complexity index is 1120.